The number of methoxy groups -OCH3 is 1. The van der Waals surface area contributed by atoms with Crippen LogP contribution in [0.2, 0.25) is 0 Å². The van der Waals surface area contributed by atoms with Crippen molar-refractivity contribution >= 4 is 39.8 Å². The van der Waals surface area contributed by atoms with E-state index in [1.54, 1.807) is 31.2 Å². The predicted octanol–water partition coefficient (Wildman–Crippen LogP) is 4.38. The zero-order valence-electron chi connectivity index (χ0n) is 17.6. The first kappa shape index (κ1) is 21.4. The van der Waals surface area contributed by atoms with Gasteiger partial charge in [-0.25, -0.2) is 4.79 Å². The molecule has 164 valence electrons. The summed E-state index contributed by atoms with van der Waals surface area (Å²) < 4.78 is 15.5. The minimum Gasteiger partial charge on any atom is -0.465 e. The molecule has 8 nitrogen and oxygen atoms in total. The van der Waals surface area contributed by atoms with Gasteiger partial charge >= 0.3 is 5.97 Å². The molecular formula is C23H20N2O6S. The molecule has 2 heterocycles. The highest BCUT2D eigenvalue weighted by Crippen LogP contribution is 2.36. The SMILES string of the molecule is COC(=O)c1c(NC(=O)c2ccc3c(c2)OCO3)sc(C(=O)Nc2cccc(C)c2)c1C. The largest absolute Gasteiger partial charge is 0.465 e. The van der Waals surface area contributed by atoms with Crippen molar-refractivity contribution < 1.29 is 28.6 Å². The van der Waals surface area contributed by atoms with Gasteiger partial charge in [0.05, 0.1) is 17.6 Å². The van der Waals surface area contributed by atoms with E-state index in [4.69, 9.17) is 14.2 Å². The van der Waals surface area contributed by atoms with E-state index >= 15 is 0 Å². The number of benzene rings is 2. The molecule has 0 fully saturated rings. The summed E-state index contributed by atoms with van der Waals surface area (Å²) in [4.78, 5) is 38.5. The minimum atomic E-state index is -0.644. The summed E-state index contributed by atoms with van der Waals surface area (Å²) in [5, 5.41) is 5.78. The summed E-state index contributed by atoms with van der Waals surface area (Å²) in [6.07, 6.45) is 0. The molecule has 0 unspecified atom stereocenters. The molecule has 0 radical (unpaired) electrons. The Morgan fingerprint density at radius 2 is 1.75 bits per heavy atom. The van der Waals surface area contributed by atoms with Gasteiger partial charge in [0.25, 0.3) is 11.8 Å². The number of carbonyl (C=O) groups excluding carboxylic acids is 3. The maximum absolute atomic E-state index is 12.9. The number of hydrogen-bond acceptors (Lipinski definition) is 7. The van der Waals surface area contributed by atoms with Gasteiger partial charge in [-0.15, -0.1) is 11.3 Å². The van der Waals surface area contributed by atoms with Crippen LogP contribution < -0.4 is 20.1 Å². The van der Waals surface area contributed by atoms with Gasteiger partial charge in [-0.1, -0.05) is 12.1 Å². The Hall–Kier alpha value is -3.85. The van der Waals surface area contributed by atoms with Crippen molar-refractivity contribution in [1.29, 1.82) is 0 Å². The van der Waals surface area contributed by atoms with Crippen LogP contribution in [0, 0.1) is 13.8 Å². The van der Waals surface area contributed by atoms with Gasteiger partial charge in [0.15, 0.2) is 11.5 Å². The number of rotatable bonds is 5. The van der Waals surface area contributed by atoms with Crippen LogP contribution >= 0.6 is 11.3 Å². The van der Waals surface area contributed by atoms with E-state index in [-0.39, 0.29) is 23.3 Å². The third-order valence-corrected chi connectivity index (χ3v) is 6.09. The van der Waals surface area contributed by atoms with Crippen LogP contribution in [0.15, 0.2) is 42.5 Å². The van der Waals surface area contributed by atoms with Crippen LogP contribution in [-0.4, -0.2) is 31.7 Å². The number of amides is 2. The number of esters is 1. The summed E-state index contributed by atoms with van der Waals surface area (Å²) in [5.74, 6) is -0.466. The zero-order valence-corrected chi connectivity index (χ0v) is 18.4. The lowest BCUT2D eigenvalue weighted by atomic mass is 10.1. The summed E-state index contributed by atoms with van der Waals surface area (Å²) in [7, 11) is 1.25. The van der Waals surface area contributed by atoms with Gasteiger partial charge in [0, 0.05) is 11.3 Å². The molecule has 0 bridgehead atoms. The third kappa shape index (κ3) is 4.15. The number of ether oxygens (including phenoxy) is 3. The van der Waals surface area contributed by atoms with Crippen molar-refractivity contribution in [2.24, 2.45) is 0 Å². The number of carbonyl (C=O) groups is 3. The topological polar surface area (TPSA) is 103 Å². The van der Waals surface area contributed by atoms with Crippen molar-refractivity contribution in [2.75, 3.05) is 24.5 Å². The minimum absolute atomic E-state index is 0.0937. The number of hydrogen-bond donors (Lipinski definition) is 2. The molecule has 0 saturated carbocycles. The highest BCUT2D eigenvalue weighted by atomic mass is 32.1. The lowest BCUT2D eigenvalue weighted by Gasteiger charge is -2.07. The van der Waals surface area contributed by atoms with Crippen LogP contribution in [-0.2, 0) is 4.74 Å². The number of anilines is 2. The molecule has 3 aromatic rings. The summed E-state index contributed by atoms with van der Waals surface area (Å²) in [6.45, 7) is 3.66. The number of nitrogens with one attached hydrogen (secondary N) is 2. The van der Waals surface area contributed by atoms with E-state index in [1.165, 1.54) is 7.11 Å². The van der Waals surface area contributed by atoms with E-state index in [0.717, 1.165) is 16.9 Å². The van der Waals surface area contributed by atoms with Crippen LogP contribution in [0.4, 0.5) is 10.7 Å². The summed E-state index contributed by atoms with van der Waals surface area (Å²) in [6, 6.07) is 12.2. The first-order valence-electron chi connectivity index (χ1n) is 9.68. The fourth-order valence-electron chi connectivity index (χ4n) is 3.29. The molecule has 2 amide bonds. The second-order valence-corrected chi connectivity index (χ2v) is 8.12. The van der Waals surface area contributed by atoms with E-state index in [0.29, 0.717) is 33.2 Å². The second kappa shape index (κ2) is 8.72. The number of fused-ring (bicyclic) bond motifs is 1. The van der Waals surface area contributed by atoms with Crippen LogP contribution in [0.3, 0.4) is 0 Å². The first-order chi connectivity index (χ1) is 15.4. The molecule has 9 heteroatoms. The molecule has 0 aliphatic carbocycles. The van der Waals surface area contributed by atoms with Gasteiger partial charge in [-0.05, 0) is 55.3 Å². The molecule has 0 atom stereocenters. The fraction of sp³-hybridized carbons (Fsp3) is 0.174. The van der Waals surface area contributed by atoms with Gasteiger partial charge in [-0.2, -0.15) is 0 Å². The molecule has 2 N–H and O–H groups in total. The van der Waals surface area contributed by atoms with Crippen molar-refractivity contribution in [3.05, 3.63) is 69.6 Å². The van der Waals surface area contributed by atoms with Crippen molar-refractivity contribution in [2.45, 2.75) is 13.8 Å². The molecule has 0 spiro atoms. The maximum Gasteiger partial charge on any atom is 0.341 e. The van der Waals surface area contributed by atoms with Crippen molar-refractivity contribution in [3.8, 4) is 11.5 Å². The van der Waals surface area contributed by atoms with Crippen molar-refractivity contribution in [1.82, 2.24) is 0 Å². The van der Waals surface area contributed by atoms with Crippen LogP contribution in [0.5, 0.6) is 11.5 Å². The molecule has 0 saturated heterocycles. The Labute approximate surface area is 188 Å². The Kier molecular flexibility index (Phi) is 5.83. The average molecular weight is 452 g/mol. The lowest BCUT2D eigenvalue weighted by Crippen LogP contribution is -2.14. The van der Waals surface area contributed by atoms with Crippen molar-refractivity contribution in [3.63, 3.8) is 0 Å². The zero-order chi connectivity index (χ0) is 22.8. The fourth-order valence-corrected chi connectivity index (χ4v) is 4.37. The van der Waals surface area contributed by atoms with Gasteiger partial charge in [0.1, 0.15) is 5.00 Å². The van der Waals surface area contributed by atoms with Crippen LogP contribution in [0.1, 0.15) is 41.5 Å². The van der Waals surface area contributed by atoms with E-state index < -0.39 is 11.9 Å². The lowest BCUT2D eigenvalue weighted by molar-refractivity contribution is 0.0601. The Bertz CT molecular complexity index is 1230. The maximum atomic E-state index is 12.9. The molecule has 1 aliphatic heterocycles. The molecule has 32 heavy (non-hydrogen) atoms. The average Bonchev–Trinajstić information content (AvgIpc) is 3.36. The standard InChI is InChI=1S/C23H20N2O6S/c1-12-5-4-6-15(9-12)24-21(27)19-13(2)18(23(28)29-3)22(32-19)25-20(26)14-7-8-16-17(10-14)31-11-30-16/h4-10H,11H2,1-3H3,(H,24,27)(H,25,26). The summed E-state index contributed by atoms with van der Waals surface area (Å²) in [5.41, 5.74) is 2.52. The quantitative estimate of drug-likeness (QED) is 0.557. The smallest absolute Gasteiger partial charge is 0.341 e. The highest BCUT2D eigenvalue weighted by molar-refractivity contribution is 7.19. The van der Waals surface area contributed by atoms with Gasteiger partial charge < -0.3 is 24.8 Å². The first-order valence-corrected chi connectivity index (χ1v) is 10.5. The predicted molar refractivity (Wildman–Crippen MR) is 120 cm³/mol. The normalized spacial score (nSPS) is 11.7. The van der Waals surface area contributed by atoms with Crippen LogP contribution in [0.25, 0.3) is 0 Å². The Morgan fingerprint density at radius 1 is 0.969 bits per heavy atom. The van der Waals surface area contributed by atoms with Gasteiger partial charge in [0.2, 0.25) is 6.79 Å². The Balaban J connectivity index is 1.63. The number of aryl methyl sites for hydroxylation is 1. The number of thiophene rings is 1. The van der Waals surface area contributed by atoms with Gasteiger partial charge in [-0.3, -0.25) is 9.59 Å². The second-order valence-electron chi connectivity index (χ2n) is 7.10. The highest BCUT2D eigenvalue weighted by Gasteiger charge is 2.27. The molecular weight excluding hydrogens is 432 g/mol. The molecule has 4 rings (SSSR count). The third-order valence-electron chi connectivity index (χ3n) is 4.88. The Morgan fingerprint density at radius 3 is 2.50 bits per heavy atom. The monoisotopic (exact) mass is 452 g/mol. The van der Waals surface area contributed by atoms with E-state index in [2.05, 4.69) is 10.6 Å². The summed E-state index contributed by atoms with van der Waals surface area (Å²) >= 11 is 1.01. The van der Waals surface area contributed by atoms with E-state index in [1.807, 2.05) is 25.1 Å². The molecule has 2 aromatic carbocycles. The van der Waals surface area contributed by atoms with E-state index in [9.17, 15) is 14.4 Å². The molecule has 1 aliphatic rings. The molecule has 1 aromatic heterocycles.